The summed E-state index contributed by atoms with van der Waals surface area (Å²) in [6.45, 7) is 5.70. The first-order valence-corrected chi connectivity index (χ1v) is 8.79. The van der Waals surface area contributed by atoms with Crippen LogP contribution in [0.2, 0.25) is 10.0 Å². The maximum Gasteiger partial charge on any atom is 0.223 e. The highest BCUT2D eigenvalue weighted by Crippen LogP contribution is 2.24. The Balaban J connectivity index is 1.77. The fourth-order valence-electron chi connectivity index (χ4n) is 2.78. The molecule has 3 nitrogen and oxygen atoms in total. The van der Waals surface area contributed by atoms with Crippen molar-refractivity contribution in [3.8, 4) is 0 Å². The number of piperidine rings is 1. The molecule has 0 saturated carbocycles. The van der Waals surface area contributed by atoms with Crippen LogP contribution in [0.1, 0.15) is 38.2 Å². The minimum absolute atomic E-state index is 0.168. The van der Waals surface area contributed by atoms with Gasteiger partial charge in [-0.25, -0.2) is 0 Å². The standard InChI is InChI=1S/C17H24Cl2N2O/c1-2-3-8-20-17(22)14-6-9-21(10-7-14)12-13-4-5-15(18)16(19)11-13/h4-5,11,14H,2-3,6-10,12H2,1H3,(H,20,22). The minimum atomic E-state index is 0.168. The summed E-state index contributed by atoms with van der Waals surface area (Å²) in [5, 5.41) is 4.23. The Morgan fingerprint density at radius 1 is 1.27 bits per heavy atom. The molecule has 1 N–H and O–H groups in total. The number of likely N-dealkylation sites (tertiary alicyclic amines) is 1. The first kappa shape index (κ1) is 17.6. The van der Waals surface area contributed by atoms with Crippen molar-refractivity contribution in [2.24, 2.45) is 5.92 Å². The molecule has 1 aliphatic rings. The molecule has 0 aromatic heterocycles. The first-order valence-electron chi connectivity index (χ1n) is 8.04. The predicted octanol–water partition coefficient (Wildman–Crippen LogP) is 4.12. The summed E-state index contributed by atoms with van der Waals surface area (Å²) in [7, 11) is 0. The van der Waals surface area contributed by atoms with Gasteiger partial charge in [0.2, 0.25) is 5.91 Å². The number of carbonyl (C=O) groups is 1. The van der Waals surface area contributed by atoms with Gasteiger partial charge in [-0.05, 0) is 50.0 Å². The largest absolute Gasteiger partial charge is 0.356 e. The van der Waals surface area contributed by atoms with E-state index in [9.17, 15) is 4.79 Å². The number of nitrogens with one attached hydrogen (secondary N) is 1. The second-order valence-electron chi connectivity index (χ2n) is 5.94. The fourth-order valence-corrected chi connectivity index (χ4v) is 3.10. The number of hydrogen-bond donors (Lipinski definition) is 1. The van der Waals surface area contributed by atoms with E-state index in [2.05, 4.69) is 17.1 Å². The van der Waals surface area contributed by atoms with Crippen molar-refractivity contribution < 1.29 is 4.79 Å². The highest BCUT2D eigenvalue weighted by Gasteiger charge is 2.24. The van der Waals surface area contributed by atoms with Gasteiger partial charge in [0.25, 0.3) is 0 Å². The third kappa shape index (κ3) is 5.15. The number of hydrogen-bond acceptors (Lipinski definition) is 2. The van der Waals surface area contributed by atoms with E-state index in [0.717, 1.165) is 51.9 Å². The van der Waals surface area contributed by atoms with Gasteiger partial charge < -0.3 is 5.32 Å². The number of nitrogens with zero attached hydrogens (tertiary/aromatic N) is 1. The van der Waals surface area contributed by atoms with Crippen LogP contribution in [0.4, 0.5) is 0 Å². The molecular formula is C17H24Cl2N2O. The molecule has 1 saturated heterocycles. The van der Waals surface area contributed by atoms with E-state index in [1.54, 1.807) is 0 Å². The van der Waals surface area contributed by atoms with E-state index < -0.39 is 0 Å². The van der Waals surface area contributed by atoms with Crippen molar-refractivity contribution in [1.82, 2.24) is 10.2 Å². The quantitative estimate of drug-likeness (QED) is 0.788. The van der Waals surface area contributed by atoms with E-state index in [0.29, 0.717) is 10.0 Å². The summed E-state index contributed by atoms with van der Waals surface area (Å²) in [6.07, 6.45) is 4.03. The van der Waals surface area contributed by atoms with Gasteiger partial charge in [0.1, 0.15) is 0 Å². The number of rotatable bonds is 6. The normalized spacial score (nSPS) is 16.7. The lowest BCUT2D eigenvalue weighted by atomic mass is 9.95. The molecule has 1 fully saturated rings. The summed E-state index contributed by atoms with van der Waals surface area (Å²) in [4.78, 5) is 14.4. The molecule has 0 unspecified atom stereocenters. The van der Waals surface area contributed by atoms with Crippen molar-refractivity contribution in [2.45, 2.75) is 39.2 Å². The topological polar surface area (TPSA) is 32.3 Å². The van der Waals surface area contributed by atoms with E-state index in [1.807, 2.05) is 18.2 Å². The Hall–Kier alpha value is -0.770. The maximum absolute atomic E-state index is 12.1. The Kier molecular flexibility index (Phi) is 7.00. The average molecular weight is 343 g/mol. The van der Waals surface area contributed by atoms with Crippen molar-refractivity contribution >= 4 is 29.1 Å². The Morgan fingerprint density at radius 3 is 2.64 bits per heavy atom. The third-order valence-corrected chi connectivity index (χ3v) is 4.92. The van der Waals surface area contributed by atoms with Crippen LogP contribution in [-0.2, 0) is 11.3 Å². The summed E-state index contributed by atoms with van der Waals surface area (Å²) < 4.78 is 0. The lowest BCUT2D eigenvalue weighted by Gasteiger charge is -2.31. The molecule has 0 bridgehead atoms. The lowest BCUT2D eigenvalue weighted by Crippen LogP contribution is -2.40. The van der Waals surface area contributed by atoms with Crippen LogP contribution in [-0.4, -0.2) is 30.4 Å². The van der Waals surface area contributed by atoms with E-state index in [-0.39, 0.29) is 11.8 Å². The van der Waals surface area contributed by atoms with Gasteiger partial charge in [-0.3, -0.25) is 9.69 Å². The second-order valence-corrected chi connectivity index (χ2v) is 6.76. The minimum Gasteiger partial charge on any atom is -0.356 e. The first-order chi connectivity index (χ1) is 10.6. The summed E-state index contributed by atoms with van der Waals surface area (Å²) in [5.74, 6) is 0.393. The molecule has 1 aromatic rings. The zero-order chi connectivity index (χ0) is 15.9. The average Bonchev–Trinajstić information content (AvgIpc) is 2.52. The summed E-state index contributed by atoms with van der Waals surface area (Å²) >= 11 is 12.0. The van der Waals surface area contributed by atoms with Gasteiger partial charge in [-0.1, -0.05) is 42.6 Å². The van der Waals surface area contributed by atoms with Crippen LogP contribution < -0.4 is 5.32 Å². The molecule has 1 amide bonds. The molecule has 1 heterocycles. The molecule has 0 atom stereocenters. The van der Waals surface area contributed by atoms with Crippen LogP contribution in [0.3, 0.4) is 0 Å². The SMILES string of the molecule is CCCCNC(=O)C1CCN(Cc2ccc(Cl)c(Cl)c2)CC1. The monoisotopic (exact) mass is 342 g/mol. The van der Waals surface area contributed by atoms with Gasteiger partial charge in [0.05, 0.1) is 10.0 Å². The molecule has 0 radical (unpaired) electrons. The predicted molar refractivity (Wildman–Crippen MR) is 92.4 cm³/mol. The van der Waals surface area contributed by atoms with Crippen molar-refractivity contribution in [1.29, 1.82) is 0 Å². The highest BCUT2D eigenvalue weighted by molar-refractivity contribution is 6.42. The number of halogens is 2. The smallest absolute Gasteiger partial charge is 0.223 e. The Labute approximate surface area is 143 Å². The number of benzene rings is 1. The Morgan fingerprint density at radius 2 is 2.00 bits per heavy atom. The van der Waals surface area contributed by atoms with Crippen LogP contribution in [0.15, 0.2) is 18.2 Å². The van der Waals surface area contributed by atoms with Crippen molar-refractivity contribution in [3.05, 3.63) is 33.8 Å². The lowest BCUT2D eigenvalue weighted by molar-refractivity contribution is -0.126. The Bertz CT molecular complexity index is 499. The molecular weight excluding hydrogens is 319 g/mol. The van der Waals surface area contributed by atoms with Crippen LogP contribution in [0.5, 0.6) is 0 Å². The molecule has 5 heteroatoms. The van der Waals surface area contributed by atoms with E-state index in [1.165, 1.54) is 5.56 Å². The second kappa shape index (κ2) is 8.76. The highest BCUT2D eigenvalue weighted by atomic mass is 35.5. The van der Waals surface area contributed by atoms with Gasteiger partial charge in [-0.15, -0.1) is 0 Å². The molecule has 0 spiro atoms. The number of carbonyl (C=O) groups excluding carboxylic acids is 1. The van der Waals surface area contributed by atoms with Crippen molar-refractivity contribution in [2.75, 3.05) is 19.6 Å². The van der Waals surface area contributed by atoms with Gasteiger partial charge in [0, 0.05) is 19.0 Å². The fraction of sp³-hybridized carbons (Fsp3) is 0.588. The molecule has 122 valence electrons. The number of amides is 1. The third-order valence-electron chi connectivity index (χ3n) is 4.18. The summed E-state index contributed by atoms with van der Waals surface area (Å²) in [5.41, 5.74) is 1.17. The van der Waals surface area contributed by atoms with E-state index in [4.69, 9.17) is 23.2 Å². The van der Waals surface area contributed by atoms with Gasteiger partial charge in [-0.2, -0.15) is 0 Å². The van der Waals surface area contributed by atoms with Gasteiger partial charge in [0.15, 0.2) is 0 Å². The van der Waals surface area contributed by atoms with E-state index >= 15 is 0 Å². The van der Waals surface area contributed by atoms with Crippen LogP contribution >= 0.6 is 23.2 Å². The summed E-state index contributed by atoms with van der Waals surface area (Å²) in [6, 6.07) is 5.78. The molecule has 0 aliphatic carbocycles. The molecule has 1 aliphatic heterocycles. The van der Waals surface area contributed by atoms with Crippen molar-refractivity contribution in [3.63, 3.8) is 0 Å². The molecule has 22 heavy (non-hydrogen) atoms. The zero-order valence-electron chi connectivity index (χ0n) is 13.1. The number of unbranched alkanes of at least 4 members (excludes halogenated alkanes) is 1. The van der Waals surface area contributed by atoms with Gasteiger partial charge >= 0.3 is 0 Å². The maximum atomic E-state index is 12.1. The van der Waals surface area contributed by atoms with Crippen LogP contribution in [0.25, 0.3) is 0 Å². The van der Waals surface area contributed by atoms with Crippen LogP contribution in [0, 0.1) is 5.92 Å². The molecule has 2 rings (SSSR count). The zero-order valence-corrected chi connectivity index (χ0v) is 14.6. The molecule has 1 aromatic carbocycles.